The zero-order valence-corrected chi connectivity index (χ0v) is 12.8. The van der Waals surface area contributed by atoms with Crippen LogP contribution in [0.2, 0.25) is 0 Å². The van der Waals surface area contributed by atoms with Crippen LogP contribution in [0.1, 0.15) is 5.56 Å². The van der Waals surface area contributed by atoms with Gasteiger partial charge in [-0.3, -0.25) is 0 Å². The average molecular weight is 349 g/mol. The third-order valence-electron chi connectivity index (χ3n) is 2.91. The topological polar surface area (TPSA) is 25.8 Å². The van der Waals surface area contributed by atoms with E-state index < -0.39 is 0 Å². The van der Waals surface area contributed by atoms with Crippen LogP contribution in [0.3, 0.4) is 0 Å². The first-order valence-electron chi connectivity index (χ1n) is 6.01. The lowest BCUT2D eigenvalue weighted by Gasteiger charge is -2.06. The maximum absolute atomic E-state index is 14.1. The molecule has 0 fully saturated rings. The van der Waals surface area contributed by atoms with Gasteiger partial charge in [-0.25, -0.2) is 4.39 Å². The minimum atomic E-state index is -0.270. The normalized spacial score (nSPS) is 10.9. The molecule has 0 aliphatic rings. The molecule has 0 saturated heterocycles. The van der Waals surface area contributed by atoms with Crippen molar-refractivity contribution in [2.24, 2.45) is 0 Å². The van der Waals surface area contributed by atoms with Crippen LogP contribution in [0.25, 0.3) is 10.8 Å². The highest BCUT2D eigenvalue weighted by molar-refractivity contribution is 9.10. The Morgan fingerprint density at radius 2 is 1.90 bits per heavy atom. The van der Waals surface area contributed by atoms with Crippen molar-refractivity contribution < 1.29 is 4.39 Å². The van der Waals surface area contributed by atoms with E-state index in [0.29, 0.717) is 9.99 Å². The third kappa shape index (κ3) is 2.83. The molecule has 0 atom stereocenters. The first-order chi connectivity index (χ1) is 9.74. The first-order valence-corrected chi connectivity index (χ1v) is 7.79. The predicted octanol–water partition coefficient (Wildman–Crippen LogP) is 4.82. The van der Waals surface area contributed by atoms with E-state index in [0.717, 1.165) is 16.0 Å². The van der Waals surface area contributed by atoms with Crippen molar-refractivity contribution in [1.29, 1.82) is 0 Å². The van der Waals surface area contributed by atoms with E-state index in [-0.39, 0.29) is 5.82 Å². The molecule has 20 heavy (non-hydrogen) atoms. The Kier molecular flexibility index (Phi) is 3.98. The quantitative estimate of drug-likeness (QED) is 0.634. The summed E-state index contributed by atoms with van der Waals surface area (Å²) in [7, 11) is 0. The van der Waals surface area contributed by atoms with Crippen LogP contribution >= 0.6 is 27.7 Å². The summed E-state index contributed by atoms with van der Waals surface area (Å²) in [5.41, 5.74) is 1.21. The predicted molar refractivity (Wildman–Crippen MR) is 83.2 cm³/mol. The van der Waals surface area contributed by atoms with Crippen LogP contribution in [0, 0.1) is 5.82 Å². The number of fused-ring (bicyclic) bond motifs is 1. The molecule has 5 heteroatoms. The summed E-state index contributed by atoms with van der Waals surface area (Å²) in [6.07, 6.45) is 1.45. The van der Waals surface area contributed by atoms with Crippen LogP contribution < -0.4 is 0 Å². The lowest BCUT2D eigenvalue weighted by Crippen LogP contribution is -1.89. The number of hydrogen-bond acceptors (Lipinski definition) is 3. The smallest absolute Gasteiger partial charge is 0.136 e. The highest BCUT2D eigenvalue weighted by Gasteiger charge is 2.08. The zero-order chi connectivity index (χ0) is 13.9. The molecule has 0 spiro atoms. The summed E-state index contributed by atoms with van der Waals surface area (Å²) in [6, 6.07) is 13.6. The van der Waals surface area contributed by atoms with Gasteiger partial charge in [-0.1, -0.05) is 30.3 Å². The SMILES string of the molecule is Fc1cc(SCc2ccccc2)cc2c(Br)nncc12. The average Bonchev–Trinajstić information content (AvgIpc) is 2.47. The minimum absolute atomic E-state index is 0.270. The second-order valence-corrected chi connectivity index (χ2v) is 6.08. The number of benzene rings is 2. The molecule has 3 rings (SSSR count). The van der Waals surface area contributed by atoms with E-state index in [9.17, 15) is 4.39 Å². The van der Waals surface area contributed by atoms with Gasteiger partial charge >= 0.3 is 0 Å². The molecule has 2 nitrogen and oxygen atoms in total. The molecule has 0 radical (unpaired) electrons. The van der Waals surface area contributed by atoms with Gasteiger partial charge in [0.05, 0.1) is 6.20 Å². The lowest BCUT2D eigenvalue weighted by atomic mass is 10.2. The van der Waals surface area contributed by atoms with Gasteiger partial charge in [0, 0.05) is 21.4 Å². The van der Waals surface area contributed by atoms with Gasteiger partial charge in [0.2, 0.25) is 0 Å². The van der Waals surface area contributed by atoms with Crippen molar-refractivity contribution in [3.63, 3.8) is 0 Å². The van der Waals surface area contributed by atoms with Gasteiger partial charge in [-0.05, 0) is 33.6 Å². The Labute approximate surface area is 128 Å². The fraction of sp³-hybridized carbons (Fsp3) is 0.0667. The lowest BCUT2D eigenvalue weighted by molar-refractivity contribution is 0.635. The Morgan fingerprint density at radius 1 is 1.10 bits per heavy atom. The maximum Gasteiger partial charge on any atom is 0.136 e. The minimum Gasteiger partial charge on any atom is -0.206 e. The molecule has 1 heterocycles. The summed E-state index contributed by atoms with van der Waals surface area (Å²) in [5, 5.41) is 8.88. The summed E-state index contributed by atoms with van der Waals surface area (Å²) >= 11 is 4.91. The Bertz CT molecular complexity index is 749. The highest BCUT2D eigenvalue weighted by Crippen LogP contribution is 2.30. The molecule has 0 amide bonds. The van der Waals surface area contributed by atoms with Crippen LogP contribution in [0.5, 0.6) is 0 Å². The monoisotopic (exact) mass is 348 g/mol. The van der Waals surface area contributed by atoms with Gasteiger partial charge < -0.3 is 0 Å². The Balaban J connectivity index is 1.91. The summed E-state index contributed by atoms with van der Waals surface area (Å²) in [6.45, 7) is 0. The van der Waals surface area contributed by atoms with E-state index in [1.165, 1.54) is 11.8 Å². The van der Waals surface area contributed by atoms with Crippen molar-refractivity contribution in [3.05, 3.63) is 64.6 Å². The van der Waals surface area contributed by atoms with Gasteiger partial charge in [-0.2, -0.15) is 5.10 Å². The van der Waals surface area contributed by atoms with E-state index in [2.05, 4.69) is 38.3 Å². The molecule has 0 saturated carbocycles. The summed E-state index contributed by atoms with van der Waals surface area (Å²) < 4.78 is 14.6. The van der Waals surface area contributed by atoms with E-state index in [4.69, 9.17) is 0 Å². The Morgan fingerprint density at radius 3 is 2.70 bits per heavy atom. The fourth-order valence-corrected chi connectivity index (χ4v) is 3.24. The van der Waals surface area contributed by atoms with Crippen LogP contribution in [-0.4, -0.2) is 10.2 Å². The molecule has 0 unspecified atom stereocenters. The van der Waals surface area contributed by atoms with Crippen molar-refractivity contribution >= 4 is 38.5 Å². The molecular weight excluding hydrogens is 339 g/mol. The standard InChI is InChI=1S/C15H10BrFN2S/c16-15-12-6-11(7-14(17)13(12)8-18-19-15)20-9-10-4-2-1-3-5-10/h1-8H,9H2. The molecule has 0 bridgehead atoms. The van der Waals surface area contributed by atoms with Gasteiger partial charge in [0.15, 0.2) is 0 Å². The van der Waals surface area contributed by atoms with Crippen molar-refractivity contribution in [1.82, 2.24) is 10.2 Å². The molecule has 0 aliphatic heterocycles. The molecule has 2 aromatic carbocycles. The molecule has 0 aliphatic carbocycles. The van der Waals surface area contributed by atoms with Gasteiger partial charge in [0.25, 0.3) is 0 Å². The third-order valence-corrected chi connectivity index (χ3v) is 4.54. The highest BCUT2D eigenvalue weighted by atomic mass is 79.9. The zero-order valence-electron chi connectivity index (χ0n) is 10.4. The second kappa shape index (κ2) is 5.89. The molecule has 100 valence electrons. The van der Waals surface area contributed by atoms with E-state index in [1.54, 1.807) is 17.8 Å². The summed E-state index contributed by atoms with van der Waals surface area (Å²) in [5.74, 6) is 0.538. The first kappa shape index (κ1) is 13.5. The Hall–Kier alpha value is -1.46. The van der Waals surface area contributed by atoms with Crippen LogP contribution in [0.4, 0.5) is 4.39 Å². The number of nitrogens with zero attached hydrogens (tertiary/aromatic N) is 2. The van der Waals surface area contributed by atoms with Crippen molar-refractivity contribution in [2.75, 3.05) is 0 Å². The molecule has 3 aromatic rings. The molecule has 0 N–H and O–H groups in total. The second-order valence-electron chi connectivity index (χ2n) is 4.28. The molecular formula is C15H10BrFN2S. The number of thioether (sulfide) groups is 1. The maximum atomic E-state index is 14.1. The number of hydrogen-bond donors (Lipinski definition) is 0. The van der Waals surface area contributed by atoms with E-state index in [1.807, 2.05) is 24.3 Å². The number of rotatable bonds is 3. The molecule has 1 aromatic heterocycles. The summed E-state index contributed by atoms with van der Waals surface area (Å²) in [4.78, 5) is 0.882. The van der Waals surface area contributed by atoms with Crippen LogP contribution in [0.15, 0.2) is 58.2 Å². The van der Waals surface area contributed by atoms with E-state index >= 15 is 0 Å². The van der Waals surface area contributed by atoms with Crippen LogP contribution in [-0.2, 0) is 5.75 Å². The van der Waals surface area contributed by atoms with Crippen molar-refractivity contribution in [2.45, 2.75) is 10.6 Å². The fourth-order valence-electron chi connectivity index (χ4n) is 1.91. The largest absolute Gasteiger partial charge is 0.206 e. The number of aromatic nitrogens is 2. The van der Waals surface area contributed by atoms with Gasteiger partial charge in [-0.15, -0.1) is 16.9 Å². The van der Waals surface area contributed by atoms with Gasteiger partial charge in [0.1, 0.15) is 10.4 Å². The van der Waals surface area contributed by atoms with Crippen molar-refractivity contribution in [3.8, 4) is 0 Å². The number of halogens is 2.